The van der Waals surface area contributed by atoms with Crippen molar-refractivity contribution in [3.05, 3.63) is 66.2 Å². The first-order chi connectivity index (χ1) is 9.68. The summed E-state index contributed by atoms with van der Waals surface area (Å²) >= 11 is 6.15. The van der Waals surface area contributed by atoms with Gasteiger partial charge in [0.2, 0.25) is 0 Å². The lowest BCUT2D eigenvalue weighted by molar-refractivity contribution is 0.166. The van der Waals surface area contributed by atoms with E-state index in [4.69, 9.17) is 5.73 Å². The molecule has 2 aromatic rings. The number of rotatable bonds is 6. The Morgan fingerprint density at radius 2 is 1.55 bits per heavy atom. The molecule has 0 saturated carbocycles. The number of aliphatic hydroxyl groups excluding tert-OH is 1. The molecule has 20 heavy (non-hydrogen) atoms. The first-order valence-corrected chi connectivity index (χ1v) is 8.03. The van der Waals surface area contributed by atoms with Gasteiger partial charge in [-0.3, -0.25) is 0 Å². The van der Waals surface area contributed by atoms with Crippen molar-refractivity contribution in [2.75, 3.05) is 5.75 Å². The van der Waals surface area contributed by atoms with Gasteiger partial charge in [-0.2, -0.15) is 12.6 Å². The van der Waals surface area contributed by atoms with Crippen molar-refractivity contribution in [1.29, 1.82) is 0 Å². The highest BCUT2D eigenvalue weighted by Gasteiger charge is 2.23. The lowest BCUT2D eigenvalue weighted by Crippen LogP contribution is -2.39. The summed E-state index contributed by atoms with van der Waals surface area (Å²) in [7, 11) is 0. The zero-order valence-corrected chi connectivity index (χ0v) is 12.8. The van der Waals surface area contributed by atoms with Gasteiger partial charge in [0.1, 0.15) is 0 Å². The van der Waals surface area contributed by atoms with E-state index < -0.39 is 12.1 Å². The minimum Gasteiger partial charge on any atom is -0.391 e. The fraction of sp³-hybridized carbons (Fsp3) is 0.250. The number of aliphatic hydroxyl groups is 1. The molecule has 0 radical (unpaired) electrons. The molecule has 2 aromatic carbocycles. The van der Waals surface area contributed by atoms with Gasteiger partial charge in [-0.1, -0.05) is 48.5 Å². The third kappa shape index (κ3) is 4.28. The highest BCUT2D eigenvalue weighted by atomic mass is 32.2. The monoisotopic (exact) mass is 305 g/mol. The van der Waals surface area contributed by atoms with Gasteiger partial charge in [0, 0.05) is 21.9 Å². The van der Waals surface area contributed by atoms with E-state index in [0.717, 1.165) is 10.5 Å². The van der Waals surface area contributed by atoms with Crippen LogP contribution in [0, 0.1) is 0 Å². The summed E-state index contributed by atoms with van der Waals surface area (Å²) in [5, 5.41) is 10.1. The van der Waals surface area contributed by atoms with E-state index in [1.165, 1.54) is 0 Å². The van der Waals surface area contributed by atoms with Gasteiger partial charge in [0.25, 0.3) is 0 Å². The fourth-order valence-corrected chi connectivity index (χ4v) is 3.20. The van der Waals surface area contributed by atoms with Crippen LogP contribution >= 0.6 is 24.4 Å². The van der Waals surface area contributed by atoms with Crippen LogP contribution in [0.5, 0.6) is 0 Å². The van der Waals surface area contributed by atoms with Crippen LogP contribution in [0.4, 0.5) is 0 Å². The van der Waals surface area contributed by atoms with Gasteiger partial charge >= 0.3 is 0 Å². The maximum atomic E-state index is 10.2. The summed E-state index contributed by atoms with van der Waals surface area (Å²) in [5.74, 6) is 0.565. The van der Waals surface area contributed by atoms with Crippen molar-refractivity contribution >= 4 is 24.4 Å². The molecule has 0 aliphatic rings. The molecule has 2 unspecified atom stereocenters. The van der Waals surface area contributed by atoms with Crippen LogP contribution in [-0.4, -0.2) is 23.0 Å². The van der Waals surface area contributed by atoms with Gasteiger partial charge in [-0.25, -0.2) is 0 Å². The number of nitrogens with two attached hydrogens (primary N) is 1. The summed E-state index contributed by atoms with van der Waals surface area (Å²) in [5.41, 5.74) is 7.15. The smallest absolute Gasteiger partial charge is 0.0798 e. The molecule has 0 heterocycles. The Bertz CT molecular complexity index is 506. The number of hydrogen-bond acceptors (Lipinski definition) is 4. The molecule has 106 valence electrons. The normalized spacial score (nSPS) is 15.6. The van der Waals surface area contributed by atoms with Crippen LogP contribution in [0.1, 0.15) is 10.8 Å². The summed E-state index contributed by atoms with van der Waals surface area (Å²) < 4.78 is 0. The molecule has 0 aliphatic heterocycles. The fourth-order valence-electron chi connectivity index (χ4n) is 1.89. The third-order valence-electron chi connectivity index (χ3n) is 3.11. The molecule has 0 aliphatic carbocycles. The average Bonchev–Trinajstić information content (AvgIpc) is 2.53. The van der Waals surface area contributed by atoms with Crippen LogP contribution < -0.4 is 5.73 Å². The SMILES string of the molecule is N[C@H](C(O)CSc1ccccc1)C(S)c1ccccc1. The largest absolute Gasteiger partial charge is 0.391 e. The summed E-state index contributed by atoms with van der Waals surface area (Å²) in [6, 6.07) is 19.4. The predicted molar refractivity (Wildman–Crippen MR) is 89.3 cm³/mol. The van der Waals surface area contributed by atoms with E-state index in [1.54, 1.807) is 11.8 Å². The molecule has 0 amide bonds. The second kappa shape index (κ2) is 7.74. The minimum absolute atomic E-state index is 0.164. The maximum absolute atomic E-state index is 10.2. The van der Waals surface area contributed by atoms with Gasteiger partial charge in [-0.05, 0) is 17.7 Å². The van der Waals surface area contributed by atoms with Gasteiger partial charge in [0.15, 0.2) is 0 Å². The Kier molecular flexibility index (Phi) is 5.98. The van der Waals surface area contributed by atoms with Crippen molar-refractivity contribution in [1.82, 2.24) is 0 Å². The molecule has 0 spiro atoms. The molecule has 0 fully saturated rings. The van der Waals surface area contributed by atoms with Gasteiger partial charge in [0.05, 0.1) is 6.10 Å². The second-order valence-electron chi connectivity index (χ2n) is 4.62. The predicted octanol–water partition coefficient (Wildman–Crippen LogP) is 3.14. The highest BCUT2D eigenvalue weighted by Crippen LogP contribution is 2.26. The Morgan fingerprint density at radius 1 is 1.00 bits per heavy atom. The van der Waals surface area contributed by atoms with Crippen molar-refractivity contribution in [2.45, 2.75) is 22.3 Å². The molecule has 3 N–H and O–H groups in total. The third-order valence-corrected chi connectivity index (χ3v) is 4.87. The number of thioether (sulfide) groups is 1. The number of hydrogen-bond donors (Lipinski definition) is 3. The summed E-state index contributed by atoms with van der Waals surface area (Å²) in [4.78, 5) is 1.13. The van der Waals surface area contributed by atoms with E-state index in [9.17, 15) is 5.11 Å². The number of benzene rings is 2. The number of thiol groups is 1. The quantitative estimate of drug-likeness (QED) is 0.567. The van der Waals surface area contributed by atoms with Crippen LogP contribution in [0.25, 0.3) is 0 Å². The zero-order valence-electron chi connectivity index (χ0n) is 11.1. The standard InChI is InChI=1S/C16H19NOS2/c17-15(16(19)12-7-3-1-4-8-12)14(18)11-20-13-9-5-2-6-10-13/h1-10,14-16,18-19H,11,17H2/t14?,15-,16?/m1/s1. The molecular weight excluding hydrogens is 286 g/mol. The molecular formula is C16H19NOS2. The Labute approximate surface area is 129 Å². The minimum atomic E-state index is -0.595. The zero-order chi connectivity index (χ0) is 14.4. The Balaban J connectivity index is 1.90. The van der Waals surface area contributed by atoms with E-state index in [-0.39, 0.29) is 5.25 Å². The van der Waals surface area contributed by atoms with E-state index >= 15 is 0 Å². The molecule has 0 aromatic heterocycles. The molecule has 3 atom stereocenters. The van der Waals surface area contributed by atoms with E-state index in [1.807, 2.05) is 60.7 Å². The molecule has 2 nitrogen and oxygen atoms in total. The van der Waals surface area contributed by atoms with Gasteiger partial charge < -0.3 is 10.8 Å². The molecule has 0 bridgehead atoms. The van der Waals surface area contributed by atoms with Crippen molar-refractivity contribution in [2.24, 2.45) is 5.73 Å². The Hall–Kier alpha value is -0.940. The van der Waals surface area contributed by atoms with E-state index in [0.29, 0.717) is 5.75 Å². The van der Waals surface area contributed by atoms with Gasteiger partial charge in [-0.15, -0.1) is 11.8 Å². The highest BCUT2D eigenvalue weighted by molar-refractivity contribution is 7.99. The summed E-state index contributed by atoms with van der Waals surface area (Å²) in [6.45, 7) is 0. The lowest BCUT2D eigenvalue weighted by Gasteiger charge is -2.24. The summed E-state index contributed by atoms with van der Waals surface area (Å²) in [6.07, 6.45) is -0.595. The van der Waals surface area contributed by atoms with Crippen LogP contribution in [0.2, 0.25) is 0 Å². The molecule has 4 heteroatoms. The molecule has 0 saturated heterocycles. The Morgan fingerprint density at radius 3 is 2.15 bits per heavy atom. The van der Waals surface area contributed by atoms with Crippen molar-refractivity contribution in [3.8, 4) is 0 Å². The topological polar surface area (TPSA) is 46.2 Å². The first-order valence-electron chi connectivity index (χ1n) is 6.53. The average molecular weight is 305 g/mol. The van der Waals surface area contributed by atoms with Crippen LogP contribution in [0.15, 0.2) is 65.6 Å². The van der Waals surface area contributed by atoms with E-state index in [2.05, 4.69) is 12.6 Å². The van der Waals surface area contributed by atoms with Crippen molar-refractivity contribution in [3.63, 3.8) is 0 Å². The van der Waals surface area contributed by atoms with Crippen LogP contribution in [0.3, 0.4) is 0 Å². The van der Waals surface area contributed by atoms with Crippen LogP contribution in [-0.2, 0) is 0 Å². The lowest BCUT2D eigenvalue weighted by atomic mass is 10.0. The second-order valence-corrected chi connectivity index (χ2v) is 6.27. The molecule has 2 rings (SSSR count). The van der Waals surface area contributed by atoms with Crippen molar-refractivity contribution < 1.29 is 5.11 Å². The first kappa shape index (κ1) is 15.4. The maximum Gasteiger partial charge on any atom is 0.0798 e.